The minimum Gasteiger partial charge on any atom is -0.309 e. The van der Waals surface area contributed by atoms with E-state index in [4.69, 9.17) is 0 Å². The Morgan fingerprint density at radius 3 is 2.74 bits per heavy atom. The third-order valence-electron chi connectivity index (χ3n) is 3.28. The van der Waals surface area contributed by atoms with Crippen LogP contribution >= 0.6 is 23.5 Å². The van der Waals surface area contributed by atoms with E-state index in [-0.39, 0.29) is 6.04 Å². The van der Waals surface area contributed by atoms with Gasteiger partial charge in [0.15, 0.2) is 11.6 Å². The topological polar surface area (TPSA) is 12.0 Å². The second kappa shape index (κ2) is 6.95. The Morgan fingerprint density at radius 2 is 2.11 bits per heavy atom. The Kier molecular flexibility index (Phi) is 5.54. The van der Waals surface area contributed by atoms with Crippen LogP contribution in [0.15, 0.2) is 12.1 Å². The summed E-state index contributed by atoms with van der Waals surface area (Å²) in [5.74, 6) is 1.80. The van der Waals surface area contributed by atoms with Crippen molar-refractivity contribution in [3.8, 4) is 0 Å². The first-order valence-corrected chi connectivity index (χ1v) is 8.72. The third-order valence-corrected chi connectivity index (χ3v) is 6.14. The summed E-state index contributed by atoms with van der Waals surface area (Å²) in [5.41, 5.74) is 0.826. The normalized spacial score (nSPS) is 21.4. The van der Waals surface area contributed by atoms with Crippen LogP contribution in [0.25, 0.3) is 0 Å². The molecule has 1 aliphatic rings. The number of rotatable bonds is 4. The van der Waals surface area contributed by atoms with Gasteiger partial charge in [-0.05, 0) is 19.0 Å². The highest BCUT2D eigenvalue weighted by Gasteiger charge is 2.28. The minimum atomic E-state index is -0.714. The van der Waals surface area contributed by atoms with E-state index in [0.717, 1.165) is 23.8 Å². The van der Waals surface area contributed by atoms with E-state index in [1.165, 1.54) is 0 Å². The maximum atomic E-state index is 14.2. The van der Waals surface area contributed by atoms with Gasteiger partial charge in [0, 0.05) is 34.1 Å². The van der Waals surface area contributed by atoms with Gasteiger partial charge in [-0.15, -0.1) is 0 Å². The molecule has 2 unspecified atom stereocenters. The number of nitrogens with one attached hydrogen (secondary N) is 1. The van der Waals surface area contributed by atoms with E-state index < -0.39 is 11.6 Å². The number of halogens is 2. The summed E-state index contributed by atoms with van der Waals surface area (Å²) in [7, 11) is 0. The van der Waals surface area contributed by atoms with Gasteiger partial charge in [0.2, 0.25) is 0 Å². The van der Waals surface area contributed by atoms with Gasteiger partial charge >= 0.3 is 0 Å². The Balaban J connectivity index is 2.30. The molecule has 1 N–H and O–H groups in total. The van der Waals surface area contributed by atoms with Crippen LogP contribution < -0.4 is 5.32 Å². The van der Waals surface area contributed by atoms with Crippen molar-refractivity contribution in [2.45, 2.75) is 25.1 Å². The second-order valence-corrected chi connectivity index (χ2v) is 7.12. The average Bonchev–Trinajstić information content (AvgIpc) is 2.44. The van der Waals surface area contributed by atoms with Gasteiger partial charge < -0.3 is 5.32 Å². The molecule has 1 nitrogen and oxygen atoms in total. The molecule has 1 aliphatic heterocycles. The van der Waals surface area contributed by atoms with Crippen molar-refractivity contribution in [1.29, 1.82) is 0 Å². The highest BCUT2D eigenvalue weighted by molar-refractivity contribution is 8.06. The molecule has 1 aromatic rings. The predicted molar refractivity (Wildman–Crippen MR) is 81.1 cm³/mol. The molecule has 19 heavy (non-hydrogen) atoms. The fraction of sp³-hybridized carbons (Fsp3) is 0.571. The van der Waals surface area contributed by atoms with Crippen molar-refractivity contribution in [2.75, 3.05) is 23.8 Å². The lowest BCUT2D eigenvalue weighted by molar-refractivity contribution is 0.461. The molecule has 2 rings (SSSR count). The summed E-state index contributed by atoms with van der Waals surface area (Å²) in [4.78, 5) is 0. The number of thioether (sulfide) groups is 2. The number of hydrogen-bond donors (Lipinski definition) is 1. The SMILES string of the molecule is CCNC(c1ccc(C)c(F)c1F)C1CSCCS1. The molecule has 0 spiro atoms. The van der Waals surface area contributed by atoms with E-state index in [1.54, 1.807) is 19.1 Å². The Morgan fingerprint density at radius 1 is 1.32 bits per heavy atom. The lowest BCUT2D eigenvalue weighted by atomic mass is 10.0. The van der Waals surface area contributed by atoms with Crippen LogP contribution in [-0.4, -0.2) is 29.1 Å². The van der Waals surface area contributed by atoms with Gasteiger partial charge in [-0.1, -0.05) is 19.1 Å². The summed E-state index contributed by atoms with van der Waals surface area (Å²) in [6.45, 7) is 4.34. The Hall–Kier alpha value is -0.260. The lowest BCUT2D eigenvalue weighted by Gasteiger charge is -2.30. The van der Waals surface area contributed by atoms with Crippen molar-refractivity contribution in [2.24, 2.45) is 0 Å². The summed E-state index contributed by atoms with van der Waals surface area (Å²) in [6, 6.07) is 3.28. The monoisotopic (exact) mass is 303 g/mol. The van der Waals surface area contributed by atoms with Crippen molar-refractivity contribution in [3.63, 3.8) is 0 Å². The van der Waals surface area contributed by atoms with Crippen molar-refractivity contribution in [1.82, 2.24) is 5.32 Å². The second-order valence-electron chi connectivity index (χ2n) is 4.62. The Labute approximate surface area is 121 Å². The van der Waals surface area contributed by atoms with E-state index in [1.807, 2.05) is 30.4 Å². The maximum Gasteiger partial charge on any atom is 0.163 e. The predicted octanol–water partition coefficient (Wildman–Crippen LogP) is 3.77. The van der Waals surface area contributed by atoms with Crippen molar-refractivity contribution in [3.05, 3.63) is 34.9 Å². The minimum absolute atomic E-state index is 0.113. The molecule has 1 aromatic carbocycles. The van der Waals surface area contributed by atoms with Gasteiger partial charge in [0.1, 0.15) is 0 Å². The molecular formula is C14H19F2NS2. The maximum absolute atomic E-state index is 14.2. The molecule has 1 fully saturated rings. The molecule has 1 heterocycles. The molecule has 1 saturated heterocycles. The van der Waals surface area contributed by atoms with Gasteiger partial charge in [-0.2, -0.15) is 23.5 Å². The molecule has 0 aliphatic carbocycles. The number of hydrogen-bond acceptors (Lipinski definition) is 3. The summed E-state index contributed by atoms with van der Waals surface area (Å²) < 4.78 is 27.9. The van der Waals surface area contributed by atoms with Gasteiger partial charge in [-0.3, -0.25) is 0 Å². The zero-order valence-electron chi connectivity index (χ0n) is 11.2. The molecule has 2 atom stereocenters. The standard InChI is InChI=1S/C14H19F2NS2/c1-3-17-14(11-8-18-6-7-19-11)10-5-4-9(2)12(15)13(10)16/h4-5,11,14,17H,3,6-8H2,1-2H3. The highest BCUT2D eigenvalue weighted by Crippen LogP contribution is 2.35. The van der Waals surface area contributed by atoms with Gasteiger partial charge in [-0.25, -0.2) is 8.78 Å². The number of aryl methyl sites for hydroxylation is 1. The molecule has 0 radical (unpaired) electrons. The fourth-order valence-electron chi connectivity index (χ4n) is 2.26. The summed E-state index contributed by atoms with van der Waals surface area (Å²) in [6.07, 6.45) is 0. The molecule has 0 saturated carbocycles. The fourth-order valence-corrected chi connectivity index (χ4v) is 5.12. The molecule has 0 aromatic heterocycles. The average molecular weight is 303 g/mol. The highest BCUT2D eigenvalue weighted by atomic mass is 32.2. The van der Waals surface area contributed by atoms with Crippen molar-refractivity contribution < 1.29 is 8.78 Å². The number of benzene rings is 1. The molecule has 0 amide bonds. The molecular weight excluding hydrogens is 284 g/mol. The summed E-state index contributed by atoms with van der Waals surface area (Å²) in [5, 5.41) is 3.62. The quantitative estimate of drug-likeness (QED) is 0.909. The largest absolute Gasteiger partial charge is 0.309 e. The van der Waals surface area contributed by atoms with E-state index >= 15 is 0 Å². The molecule has 106 valence electrons. The first kappa shape index (κ1) is 15.1. The van der Waals surface area contributed by atoms with Crippen molar-refractivity contribution >= 4 is 23.5 Å². The summed E-state index contributed by atoms with van der Waals surface area (Å²) >= 11 is 3.74. The molecule has 5 heteroatoms. The smallest absolute Gasteiger partial charge is 0.163 e. The zero-order valence-corrected chi connectivity index (χ0v) is 12.8. The third kappa shape index (κ3) is 3.44. The van der Waals surface area contributed by atoms with Gasteiger partial charge in [0.25, 0.3) is 0 Å². The van der Waals surface area contributed by atoms with E-state index in [2.05, 4.69) is 5.32 Å². The lowest BCUT2D eigenvalue weighted by Crippen LogP contribution is -2.34. The first-order valence-electron chi connectivity index (χ1n) is 6.52. The Bertz CT molecular complexity index is 434. The van der Waals surface area contributed by atoms with Crippen LogP contribution in [-0.2, 0) is 0 Å². The van der Waals surface area contributed by atoms with Crippen LogP contribution in [0, 0.1) is 18.6 Å². The van der Waals surface area contributed by atoms with Crippen LogP contribution in [0.1, 0.15) is 24.1 Å². The van der Waals surface area contributed by atoms with Crippen LogP contribution in [0.3, 0.4) is 0 Å². The first-order chi connectivity index (χ1) is 9.15. The van der Waals surface area contributed by atoms with Crippen LogP contribution in [0.2, 0.25) is 0 Å². The van der Waals surface area contributed by atoms with Crippen LogP contribution in [0.4, 0.5) is 8.78 Å². The van der Waals surface area contributed by atoms with E-state index in [0.29, 0.717) is 16.4 Å². The van der Waals surface area contributed by atoms with E-state index in [9.17, 15) is 8.78 Å². The zero-order chi connectivity index (χ0) is 13.8. The van der Waals surface area contributed by atoms with Crippen LogP contribution in [0.5, 0.6) is 0 Å². The van der Waals surface area contributed by atoms with Gasteiger partial charge in [0.05, 0.1) is 0 Å². The molecule has 0 bridgehead atoms.